The lowest BCUT2D eigenvalue weighted by molar-refractivity contribution is -0.481. The zero-order chi connectivity index (χ0) is 18.7. The zero-order valence-corrected chi connectivity index (χ0v) is 14.5. The van der Waals surface area contributed by atoms with Crippen molar-refractivity contribution in [2.75, 3.05) is 20.8 Å². The van der Waals surface area contributed by atoms with E-state index >= 15 is 0 Å². The van der Waals surface area contributed by atoms with Gasteiger partial charge in [-0.1, -0.05) is 42.5 Å². The summed E-state index contributed by atoms with van der Waals surface area (Å²) in [5.41, 5.74) is 1.11. The molecule has 0 bridgehead atoms. The third-order valence-corrected chi connectivity index (χ3v) is 4.41. The molecule has 6 heteroatoms. The van der Waals surface area contributed by atoms with E-state index in [9.17, 15) is 15.2 Å². The van der Waals surface area contributed by atoms with Crippen LogP contribution in [0.4, 0.5) is 0 Å². The second kappa shape index (κ2) is 7.31. The number of methoxy groups -OCH3 is 2. The van der Waals surface area contributed by atoms with Crippen molar-refractivity contribution in [1.29, 1.82) is 0 Å². The number of fused-ring (bicyclic) bond motifs is 1. The van der Waals surface area contributed by atoms with Gasteiger partial charge in [0.05, 0.1) is 25.7 Å². The number of hydrogen-bond acceptors (Lipinski definition) is 5. The molecule has 3 rings (SSSR count). The molecular weight excluding hydrogens is 334 g/mol. The summed E-state index contributed by atoms with van der Waals surface area (Å²) in [6.45, 7) is -0.366. The highest BCUT2D eigenvalue weighted by Crippen LogP contribution is 2.41. The van der Waals surface area contributed by atoms with Crippen LogP contribution in [0.25, 0.3) is 10.8 Å². The molecule has 1 N–H and O–H groups in total. The molecule has 0 saturated carbocycles. The predicted molar refractivity (Wildman–Crippen MR) is 98.9 cm³/mol. The number of hydrogen-bond donors (Lipinski definition) is 1. The highest BCUT2D eigenvalue weighted by Gasteiger charge is 2.28. The SMILES string of the molecule is COc1cc(O)c([C@H](C[N+](=O)[O-])c2ccc3ccccc3c2)c(OC)c1. The Morgan fingerprint density at radius 3 is 2.42 bits per heavy atom. The largest absolute Gasteiger partial charge is 0.507 e. The molecule has 6 nitrogen and oxygen atoms in total. The highest BCUT2D eigenvalue weighted by molar-refractivity contribution is 5.83. The minimum absolute atomic E-state index is 0.0961. The Bertz CT molecular complexity index is 954. The van der Waals surface area contributed by atoms with Gasteiger partial charge in [0.15, 0.2) is 0 Å². The molecule has 0 amide bonds. The number of nitro groups is 1. The first-order valence-electron chi connectivity index (χ1n) is 8.09. The number of ether oxygens (including phenoxy) is 2. The smallest absolute Gasteiger partial charge is 0.214 e. The molecule has 1 atom stereocenters. The molecule has 0 heterocycles. The number of phenols is 1. The Hall–Kier alpha value is -3.28. The zero-order valence-electron chi connectivity index (χ0n) is 14.5. The van der Waals surface area contributed by atoms with Crippen LogP contribution in [0, 0.1) is 10.1 Å². The van der Waals surface area contributed by atoms with E-state index in [4.69, 9.17) is 9.47 Å². The number of benzene rings is 3. The van der Waals surface area contributed by atoms with Gasteiger partial charge >= 0.3 is 0 Å². The summed E-state index contributed by atoms with van der Waals surface area (Å²) < 4.78 is 10.5. The van der Waals surface area contributed by atoms with Crippen molar-refractivity contribution in [2.24, 2.45) is 0 Å². The van der Waals surface area contributed by atoms with Crippen molar-refractivity contribution in [3.63, 3.8) is 0 Å². The van der Waals surface area contributed by atoms with Gasteiger partial charge in [-0.05, 0) is 16.3 Å². The van der Waals surface area contributed by atoms with Crippen LogP contribution in [0.5, 0.6) is 17.2 Å². The molecule has 0 spiro atoms. The summed E-state index contributed by atoms with van der Waals surface area (Å²) in [5.74, 6) is 0.0139. The Balaban J connectivity index is 2.18. The van der Waals surface area contributed by atoms with Crippen molar-refractivity contribution in [2.45, 2.75) is 5.92 Å². The Morgan fingerprint density at radius 2 is 1.77 bits per heavy atom. The van der Waals surface area contributed by atoms with E-state index in [1.165, 1.54) is 20.3 Å². The van der Waals surface area contributed by atoms with Crippen molar-refractivity contribution in [1.82, 2.24) is 0 Å². The van der Waals surface area contributed by atoms with Gasteiger partial charge in [-0.25, -0.2) is 0 Å². The van der Waals surface area contributed by atoms with Crippen molar-refractivity contribution in [3.05, 3.63) is 75.8 Å². The average Bonchev–Trinajstić information content (AvgIpc) is 2.65. The maximum absolute atomic E-state index is 11.3. The Labute approximate surface area is 150 Å². The quantitative estimate of drug-likeness (QED) is 0.535. The van der Waals surface area contributed by atoms with Crippen LogP contribution >= 0.6 is 0 Å². The van der Waals surface area contributed by atoms with Gasteiger partial charge in [-0.3, -0.25) is 10.1 Å². The van der Waals surface area contributed by atoms with E-state index in [0.717, 1.165) is 16.3 Å². The summed E-state index contributed by atoms with van der Waals surface area (Å²) in [6, 6.07) is 16.5. The fourth-order valence-corrected chi connectivity index (χ4v) is 3.16. The number of phenolic OH excluding ortho intramolecular Hbond substituents is 1. The molecule has 0 aliphatic carbocycles. The van der Waals surface area contributed by atoms with Gasteiger partial charge in [0.25, 0.3) is 0 Å². The Kier molecular flexibility index (Phi) is 4.93. The van der Waals surface area contributed by atoms with E-state index in [0.29, 0.717) is 17.1 Å². The summed E-state index contributed by atoms with van der Waals surface area (Å²) >= 11 is 0. The third kappa shape index (κ3) is 3.39. The summed E-state index contributed by atoms with van der Waals surface area (Å²) in [5, 5.41) is 23.8. The standard InChI is InChI=1S/C20H19NO5/c1-25-16-10-18(22)20(19(11-16)26-2)17(12-21(23)24)15-8-7-13-5-3-4-6-14(13)9-15/h3-11,17,22H,12H2,1-2H3/t17-/m1/s1. The van der Waals surface area contributed by atoms with Crippen LogP contribution in [-0.4, -0.2) is 30.8 Å². The summed E-state index contributed by atoms with van der Waals surface area (Å²) in [4.78, 5) is 10.9. The van der Waals surface area contributed by atoms with E-state index in [1.54, 1.807) is 6.07 Å². The third-order valence-electron chi connectivity index (χ3n) is 4.41. The molecular formula is C20H19NO5. The minimum Gasteiger partial charge on any atom is -0.507 e. The molecule has 0 aliphatic rings. The first kappa shape index (κ1) is 17.5. The first-order chi connectivity index (χ1) is 12.5. The van der Waals surface area contributed by atoms with Gasteiger partial charge in [0.2, 0.25) is 6.54 Å². The second-order valence-corrected chi connectivity index (χ2v) is 5.94. The molecule has 3 aromatic rings. The lowest BCUT2D eigenvalue weighted by Crippen LogP contribution is -2.15. The number of aromatic hydroxyl groups is 1. The number of nitrogens with zero attached hydrogens (tertiary/aromatic N) is 1. The normalized spacial score (nSPS) is 11.9. The van der Waals surface area contributed by atoms with E-state index < -0.39 is 5.92 Å². The maximum atomic E-state index is 11.3. The molecule has 0 fully saturated rings. The molecule has 0 radical (unpaired) electrons. The highest BCUT2D eigenvalue weighted by atomic mass is 16.6. The molecule has 26 heavy (non-hydrogen) atoms. The molecule has 0 aliphatic heterocycles. The molecule has 134 valence electrons. The minimum atomic E-state index is -0.657. The van der Waals surface area contributed by atoms with Gasteiger partial charge in [-0.2, -0.15) is 0 Å². The topological polar surface area (TPSA) is 81.8 Å². The predicted octanol–water partition coefficient (Wildman–Crippen LogP) is 3.97. The van der Waals surface area contributed by atoms with E-state index in [-0.39, 0.29) is 17.2 Å². The fourth-order valence-electron chi connectivity index (χ4n) is 3.16. The summed E-state index contributed by atoms with van der Waals surface area (Å²) in [6.07, 6.45) is 0. The molecule has 3 aromatic carbocycles. The van der Waals surface area contributed by atoms with E-state index in [2.05, 4.69) is 0 Å². The van der Waals surface area contributed by atoms with Crippen LogP contribution in [0.15, 0.2) is 54.6 Å². The van der Waals surface area contributed by atoms with E-state index in [1.807, 2.05) is 42.5 Å². The molecule has 0 unspecified atom stereocenters. The van der Waals surface area contributed by atoms with Crippen LogP contribution in [0.3, 0.4) is 0 Å². The Morgan fingerprint density at radius 1 is 1.04 bits per heavy atom. The first-order valence-corrected chi connectivity index (χ1v) is 8.09. The van der Waals surface area contributed by atoms with Gasteiger partial charge in [0, 0.05) is 17.1 Å². The van der Waals surface area contributed by atoms with Gasteiger partial charge in [-0.15, -0.1) is 0 Å². The monoisotopic (exact) mass is 353 g/mol. The van der Waals surface area contributed by atoms with Gasteiger partial charge in [0.1, 0.15) is 17.2 Å². The second-order valence-electron chi connectivity index (χ2n) is 5.94. The molecule has 0 saturated heterocycles. The van der Waals surface area contributed by atoms with Crippen LogP contribution < -0.4 is 9.47 Å². The summed E-state index contributed by atoms with van der Waals surface area (Å²) in [7, 11) is 2.94. The van der Waals surface area contributed by atoms with Crippen LogP contribution in [0.2, 0.25) is 0 Å². The molecule has 0 aromatic heterocycles. The van der Waals surface area contributed by atoms with Crippen molar-refractivity contribution >= 4 is 10.8 Å². The van der Waals surface area contributed by atoms with Gasteiger partial charge < -0.3 is 14.6 Å². The lowest BCUT2D eigenvalue weighted by atomic mass is 9.88. The number of rotatable bonds is 6. The average molecular weight is 353 g/mol. The van der Waals surface area contributed by atoms with Crippen LogP contribution in [-0.2, 0) is 0 Å². The van der Waals surface area contributed by atoms with Crippen molar-refractivity contribution < 1.29 is 19.5 Å². The van der Waals surface area contributed by atoms with Crippen LogP contribution in [0.1, 0.15) is 17.0 Å². The van der Waals surface area contributed by atoms with Crippen molar-refractivity contribution in [3.8, 4) is 17.2 Å². The maximum Gasteiger partial charge on any atom is 0.214 e. The fraction of sp³-hybridized carbons (Fsp3) is 0.200. The lowest BCUT2D eigenvalue weighted by Gasteiger charge is -2.20.